The van der Waals surface area contributed by atoms with Crippen molar-refractivity contribution in [2.24, 2.45) is 0 Å². The third-order valence-electron chi connectivity index (χ3n) is 2.16. The molecule has 0 fully saturated rings. The van der Waals surface area contributed by atoms with E-state index in [1.807, 2.05) is 24.3 Å². The highest BCUT2D eigenvalue weighted by molar-refractivity contribution is 6.29. The Morgan fingerprint density at radius 2 is 1.80 bits per heavy atom. The van der Waals surface area contributed by atoms with Crippen LogP contribution in [0.1, 0.15) is 26.3 Å². The van der Waals surface area contributed by atoms with Crippen molar-refractivity contribution in [3.63, 3.8) is 0 Å². The topological polar surface area (TPSA) is 29.1 Å². The third kappa shape index (κ3) is 3.56. The van der Waals surface area contributed by atoms with E-state index in [2.05, 4.69) is 26.1 Å². The van der Waals surface area contributed by atoms with E-state index in [0.29, 0.717) is 0 Å². The zero-order valence-electron chi connectivity index (χ0n) is 9.30. The van der Waals surface area contributed by atoms with Gasteiger partial charge in [-0.25, -0.2) is 0 Å². The number of rotatable bonds is 2. The molecule has 0 saturated heterocycles. The molecule has 1 aromatic carbocycles. The van der Waals surface area contributed by atoms with Gasteiger partial charge in [0.05, 0.1) is 0 Å². The Bertz CT molecular complexity index is 338. The molecule has 82 valence electrons. The Hall–Kier alpha value is -1.02. The first kappa shape index (κ1) is 12.1. The first-order chi connectivity index (χ1) is 6.93. The maximum absolute atomic E-state index is 11.0. The van der Waals surface area contributed by atoms with Crippen LogP contribution in [-0.2, 0) is 10.2 Å². The molecule has 1 amide bonds. The second-order valence-electron chi connectivity index (χ2n) is 4.51. The lowest BCUT2D eigenvalue weighted by Crippen LogP contribution is -2.14. The summed E-state index contributed by atoms with van der Waals surface area (Å²) in [5.41, 5.74) is 2.16. The second kappa shape index (κ2) is 4.67. The van der Waals surface area contributed by atoms with E-state index in [-0.39, 0.29) is 17.2 Å². The van der Waals surface area contributed by atoms with Crippen LogP contribution in [0.25, 0.3) is 0 Å². The number of hydrogen-bond acceptors (Lipinski definition) is 1. The monoisotopic (exact) mass is 225 g/mol. The molecular formula is C12H16ClNO. The molecule has 3 heteroatoms. The number of hydrogen-bond donors (Lipinski definition) is 1. The SMILES string of the molecule is CC(C)(C)c1ccc(NC(=O)CCl)cc1. The predicted octanol–water partition coefficient (Wildman–Crippen LogP) is 3.16. The lowest BCUT2D eigenvalue weighted by atomic mass is 9.87. The van der Waals surface area contributed by atoms with Crippen LogP contribution >= 0.6 is 11.6 Å². The van der Waals surface area contributed by atoms with Crippen LogP contribution in [0.5, 0.6) is 0 Å². The van der Waals surface area contributed by atoms with Crippen molar-refractivity contribution in [1.82, 2.24) is 0 Å². The number of halogens is 1. The number of amides is 1. The van der Waals surface area contributed by atoms with Crippen LogP contribution in [0, 0.1) is 0 Å². The van der Waals surface area contributed by atoms with Crippen LogP contribution in [0.2, 0.25) is 0 Å². The highest BCUT2D eigenvalue weighted by atomic mass is 35.5. The Balaban J connectivity index is 2.77. The summed E-state index contributed by atoms with van der Waals surface area (Å²) < 4.78 is 0. The predicted molar refractivity (Wildman–Crippen MR) is 64.5 cm³/mol. The third-order valence-corrected chi connectivity index (χ3v) is 2.40. The summed E-state index contributed by atoms with van der Waals surface area (Å²) in [6.45, 7) is 6.46. The Labute approximate surface area is 95.6 Å². The average molecular weight is 226 g/mol. The molecule has 0 aliphatic carbocycles. The quantitative estimate of drug-likeness (QED) is 0.770. The molecule has 0 radical (unpaired) electrons. The van der Waals surface area contributed by atoms with Crippen molar-refractivity contribution >= 4 is 23.2 Å². The minimum absolute atomic E-state index is 0.0129. The second-order valence-corrected chi connectivity index (χ2v) is 4.78. The van der Waals surface area contributed by atoms with Gasteiger partial charge in [0.2, 0.25) is 5.91 Å². The minimum atomic E-state index is -0.180. The van der Waals surface area contributed by atoms with Crippen LogP contribution in [0.3, 0.4) is 0 Å². The first-order valence-corrected chi connectivity index (χ1v) is 5.43. The molecule has 1 rings (SSSR count). The number of benzene rings is 1. The Morgan fingerprint density at radius 3 is 2.20 bits per heavy atom. The molecule has 0 aromatic heterocycles. The molecule has 15 heavy (non-hydrogen) atoms. The average Bonchev–Trinajstić information content (AvgIpc) is 2.17. The van der Waals surface area contributed by atoms with Gasteiger partial charge in [0.15, 0.2) is 0 Å². The molecule has 2 nitrogen and oxygen atoms in total. The van der Waals surface area contributed by atoms with Crippen LogP contribution in [0.4, 0.5) is 5.69 Å². The van der Waals surface area contributed by atoms with Crippen molar-refractivity contribution in [2.75, 3.05) is 11.2 Å². The molecule has 0 spiro atoms. The summed E-state index contributed by atoms with van der Waals surface area (Å²) in [6.07, 6.45) is 0. The van der Waals surface area contributed by atoms with E-state index >= 15 is 0 Å². The van der Waals surface area contributed by atoms with E-state index in [0.717, 1.165) is 5.69 Å². The molecule has 1 N–H and O–H groups in total. The number of nitrogens with one attached hydrogen (secondary N) is 1. The number of carbonyl (C=O) groups excluding carboxylic acids is 1. The minimum Gasteiger partial charge on any atom is -0.325 e. The molecule has 1 aromatic rings. The van der Waals surface area contributed by atoms with Gasteiger partial charge in [-0.15, -0.1) is 11.6 Å². The fourth-order valence-electron chi connectivity index (χ4n) is 1.25. The van der Waals surface area contributed by atoms with Gasteiger partial charge in [-0.2, -0.15) is 0 Å². The van der Waals surface area contributed by atoms with E-state index in [4.69, 9.17) is 11.6 Å². The number of carbonyl (C=O) groups is 1. The summed E-state index contributed by atoms with van der Waals surface area (Å²) in [4.78, 5) is 11.0. The van der Waals surface area contributed by atoms with Crippen LogP contribution < -0.4 is 5.32 Å². The van der Waals surface area contributed by atoms with Gasteiger partial charge < -0.3 is 5.32 Å². The van der Waals surface area contributed by atoms with Crippen molar-refractivity contribution in [3.8, 4) is 0 Å². The summed E-state index contributed by atoms with van der Waals surface area (Å²) in [6, 6.07) is 7.82. The maximum atomic E-state index is 11.0. The van der Waals surface area contributed by atoms with Gasteiger partial charge in [0.25, 0.3) is 0 Å². The van der Waals surface area contributed by atoms with Gasteiger partial charge in [-0.3, -0.25) is 4.79 Å². The summed E-state index contributed by atoms with van der Waals surface area (Å²) in [5.74, 6) is -0.193. The van der Waals surface area contributed by atoms with E-state index in [1.54, 1.807) is 0 Å². The van der Waals surface area contributed by atoms with Crippen LogP contribution in [-0.4, -0.2) is 11.8 Å². The zero-order chi connectivity index (χ0) is 11.5. The summed E-state index contributed by atoms with van der Waals surface area (Å²) in [7, 11) is 0. The highest BCUT2D eigenvalue weighted by Crippen LogP contribution is 2.23. The summed E-state index contributed by atoms with van der Waals surface area (Å²) >= 11 is 5.39. The van der Waals surface area contributed by atoms with Crippen molar-refractivity contribution < 1.29 is 4.79 Å². The Kier molecular flexibility index (Phi) is 3.75. The molecule has 0 aliphatic heterocycles. The first-order valence-electron chi connectivity index (χ1n) is 4.90. The number of alkyl halides is 1. The fourth-order valence-corrected chi connectivity index (χ4v) is 1.31. The fraction of sp³-hybridized carbons (Fsp3) is 0.417. The van der Waals surface area contributed by atoms with Crippen molar-refractivity contribution in [3.05, 3.63) is 29.8 Å². The van der Waals surface area contributed by atoms with Gasteiger partial charge in [0.1, 0.15) is 5.88 Å². The van der Waals surface area contributed by atoms with Crippen molar-refractivity contribution in [2.45, 2.75) is 26.2 Å². The molecule has 0 saturated carbocycles. The molecular weight excluding hydrogens is 210 g/mol. The van der Waals surface area contributed by atoms with Gasteiger partial charge in [0, 0.05) is 5.69 Å². The van der Waals surface area contributed by atoms with E-state index < -0.39 is 0 Å². The van der Waals surface area contributed by atoms with Crippen molar-refractivity contribution in [1.29, 1.82) is 0 Å². The Morgan fingerprint density at radius 1 is 1.27 bits per heavy atom. The lowest BCUT2D eigenvalue weighted by molar-refractivity contribution is -0.113. The smallest absolute Gasteiger partial charge is 0.239 e. The van der Waals surface area contributed by atoms with E-state index in [1.165, 1.54) is 5.56 Å². The molecule has 0 unspecified atom stereocenters. The molecule has 0 heterocycles. The zero-order valence-corrected chi connectivity index (χ0v) is 10.1. The van der Waals surface area contributed by atoms with E-state index in [9.17, 15) is 4.79 Å². The highest BCUT2D eigenvalue weighted by Gasteiger charge is 2.12. The largest absolute Gasteiger partial charge is 0.325 e. The molecule has 0 aliphatic rings. The van der Waals surface area contributed by atoms with Crippen LogP contribution in [0.15, 0.2) is 24.3 Å². The standard InChI is InChI=1S/C12H16ClNO/c1-12(2,3)9-4-6-10(7-5-9)14-11(15)8-13/h4-7H,8H2,1-3H3,(H,14,15). The van der Waals surface area contributed by atoms with Gasteiger partial charge >= 0.3 is 0 Å². The number of anilines is 1. The molecule has 0 bridgehead atoms. The van der Waals surface area contributed by atoms with Gasteiger partial charge in [-0.05, 0) is 23.1 Å². The lowest BCUT2D eigenvalue weighted by Gasteiger charge is -2.19. The van der Waals surface area contributed by atoms with Gasteiger partial charge in [-0.1, -0.05) is 32.9 Å². The normalized spacial score (nSPS) is 11.2. The summed E-state index contributed by atoms with van der Waals surface area (Å²) in [5, 5.41) is 2.70. The maximum Gasteiger partial charge on any atom is 0.239 e. The molecule has 0 atom stereocenters.